The molecule has 234 valence electrons. The summed E-state index contributed by atoms with van der Waals surface area (Å²) in [6, 6.07) is 8.26. The van der Waals surface area contributed by atoms with E-state index < -0.39 is 39.0 Å². The number of carbonyl (C=O) groups is 3. The maximum Gasteiger partial charge on any atom is 0.311 e. The first-order valence-electron chi connectivity index (χ1n) is 15.7. The third-order valence-electron chi connectivity index (χ3n) is 9.55. The number of cyclic esters (lactones) is 1. The molecule has 43 heavy (non-hydrogen) atoms. The summed E-state index contributed by atoms with van der Waals surface area (Å²) < 4.78 is 4.10. The summed E-state index contributed by atoms with van der Waals surface area (Å²) in [6.07, 6.45) is 12.0. The van der Waals surface area contributed by atoms with Crippen molar-refractivity contribution in [1.29, 1.82) is 0 Å². The molecule has 4 aliphatic heterocycles. The molecule has 0 radical (unpaired) electrons. The predicted molar refractivity (Wildman–Crippen MR) is 170 cm³/mol. The highest BCUT2D eigenvalue weighted by atomic mass is 32.2. The van der Waals surface area contributed by atoms with Crippen molar-refractivity contribution >= 4 is 29.5 Å². The number of thioether (sulfide) groups is 1. The van der Waals surface area contributed by atoms with Crippen LogP contribution < -0.4 is 0 Å². The lowest BCUT2D eigenvalue weighted by molar-refractivity contribution is -0.155. The maximum absolute atomic E-state index is 15.0. The summed E-state index contributed by atoms with van der Waals surface area (Å²) in [4.78, 5) is 47.3. The molecule has 1 aromatic rings. The Labute approximate surface area is 261 Å². The lowest BCUT2D eigenvalue weighted by Crippen LogP contribution is -2.61. The average Bonchev–Trinajstić information content (AvgIpc) is 3.25. The molecule has 1 spiro atoms. The molecule has 6 atom stereocenters. The number of aliphatic hydroxyl groups is 1. The van der Waals surface area contributed by atoms with E-state index in [2.05, 4.69) is 46.8 Å². The summed E-state index contributed by atoms with van der Waals surface area (Å²) in [5.41, 5.74) is 0.453. The van der Waals surface area contributed by atoms with Gasteiger partial charge in [0.25, 0.3) is 0 Å². The fourth-order valence-corrected chi connectivity index (χ4v) is 10.3. The molecular formula is C35H48N2O5S. The molecule has 1 aromatic carbocycles. The van der Waals surface area contributed by atoms with Crippen molar-refractivity contribution < 1.29 is 24.2 Å². The number of carbonyl (C=O) groups excluding carboxylic acids is 3. The molecular weight excluding hydrogens is 560 g/mol. The van der Waals surface area contributed by atoms with Crippen LogP contribution >= 0.6 is 11.8 Å². The minimum atomic E-state index is -0.984. The Balaban J connectivity index is 1.66. The van der Waals surface area contributed by atoms with Crippen LogP contribution in [0.15, 0.2) is 54.6 Å². The number of ether oxygens (including phenoxy) is 1. The van der Waals surface area contributed by atoms with Crippen molar-refractivity contribution in [3.63, 3.8) is 0 Å². The summed E-state index contributed by atoms with van der Waals surface area (Å²) in [5.74, 6) is -2.30. The number of fused-ring (bicyclic) bond motifs is 2. The highest BCUT2D eigenvalue weighted by molar-refractivity contribution is 8.02. The van der Waals surface area contributed by atoms with Crippen LogP contribution in [-0.4, -0.2) is 79.6 Å². The number of esters is 1. The minimum absolute atomic E-state index is 0.0290. The Morgan fingerprint density at radius 1 is 1.00 bits per heavy atom. The van der Waals surface area contributed by atoms with Gasteiger partial charge in [0.1, 0.15) is 6.04 Å². The van der Waals surface area contributed by atoms with E-state index >= 15 is 4.79 Å². The van der Waals surface area contributed by atoms with Crippen LogP contribution in [0.4, 0.5) is 0 Å². The lowest BCUT2D eigenvalue weighted by atomic mass is 9.74. The van der Waals surface area contributed by atoms with Gasteiger partial charge >= 0.3 is 5.97 Å². The molecule has 2 saturated heterocycles. The van der Waals surface area contributed by atoms with Crippen molar-refractivity contribution in [2.75, 3.05) is 19.8 Å². The number of nitrogens with zero attached hydrogens (tertiary/aromatic N) is 2. The normalized spacial score (nSPS) is 32.9. The van der Waals surface area contributed by atoms with Crippen LogP contribution in [0.1, 0.15) is 72.8 Å². The predicted octanol–water partition coefficient (Wildman–Crippen LogP) is 5.17. The second-order valence-corrected chi connectivity index (χ2v) is 16.5. The second-order valence-electron chi connectivity index (χ2n) is 14.7. The largest absolute Gasteiger partial charge is 0.465 e. The maximum atomic E-state index is 15.0. The number of hydrogen-bond acceptors (Lipinski definition) is 6. The van der Waals surface area contributed by atoms with Crippen LogP contribution in [-0.2, 0) is 25.5 Å². The zero-order valence-electron chi connectivity index (χ0n) is 26.5. The molecule has 0 aliphatic carbocycles. The smallest absolute Gasteiger partial charge is 0.311 e. The topological polar surface area (TPSA) is 87.2 Å². The van der Waals surface area contributed by atoms with E-state index in [-0.39, 0.29) is 29.8 Å². The van der Waals surface area contributed by atoms with Crippen molar-refractivity contribution in [3.05, 3.63) is 60.2 Å². The van der Waals surface area contributed by atoms with E-state index in [1.165, 1.54) is 0 Å². The second kappa shape index (κ2) is 11.7. The molecule has 2 fully saturated rings. The molecule has 1 N–H and O–H groups in total. The minimum Gasteiger partial charge on any atom is -0.465 e. The van der Waals surface area contributed by atoms with Gasteiger partial charge in [-0.15, -0.1) is 11.8 Å². The van der Waals surface area contributed by atoms with Crippen molar-refractivity contribution in [3.8, 4) is 0 Å². The van der Waals surface area contributed by atoms with Gasteiger partial charge in [0.05, 0.1) is 35.8 Å². The Morgan fingerprint density at radius 2 is 1.72 bits per heavy atom. The SMILES string of the molecule is CC(C)(C)CC(C)(C)N1CC=C[C@]23S[C@@]4(C)/C=C\CCCCOC(=O)[C@H]4[C@H]2C(=O)N([C@@H](CO)Cc2ccccc2)C3C1=O. The molecule has 4 aliphatic rings. The number of amides is 2. The van der Waals surface area contributed by atoms with Gasteiger partial charge in [-0.2, -0.15) is 0 Å². The molecule has 8 heteroatoms. The van der Waals surface area contributed by atoms with Gasteiger partial charge in [-0.3, -0.25) is 14.4 Å². The molecule has 2 amide bonds. The highest BCUT2D eigenvalue weighted by Crippen LogP contribution is 2.65. The van der Waals surface area contributed by atoms with Crippen LogP contribution in [0.3, 0.4) is 0 Å². The van der Waals surface area contributed by atoms with Crippen LogP contribution in [0.25, 0.3) is 0 Å². The Bertz CT molecular complexity index is 1290. The molecule has 7 nitrogen and oxygen atoms in total. The average molecular weight is 609 g/mol. The number of allylic oxidation sites excluding steroid dienone is 1. The Kier molecular flexibility index (Phi) is 8.69. The number of likely N-dealkylation sites (tertiary alicyclic amines) is 1. The summed E-state index contributed by atoms with van der Waals surface area (Å²) in [6.45, 7) is 13.2. The first-order chi connectivity index (χ1) is 20.2. The number of aliphatic hydroxyl groups excluding tert-OH is 1. The highest BCUT2D eigenvalue weighted by Gasteiger charge is 2.74. The molecule has 0 bridgehead atoms. The zero-order valence-corrected chi connectivity index (χ0v) is 27.4. The van der Waals surface area contributed by atoms with Crippen LogP contribution in [0, 0.1) is 17.3 Å². The van der Waals surface area contributed by atoms with Gasteiger partial charge in [0, 0.05) is 16.8 Å². The van der Waals surface area contributed by atoms with E-state index in [0.717, 1.165) is 31.2 Å². The molecule has 5 rings (SSSR count). The van der Waals surface area contributed by atoms with Gasteiger partial charge < -0.3 is 19.6 Å². The van der Waals surface area contributed by atoms with E-state index in [4.69, 9.17) is 4.74 Å². The molecule has 0 saturated carbocycles. The van der Waals surface area contributed by atoms with E-state index in [1.54, 1.807) is 16.7 Å². The Hall–Kier alpha value is -2.58. The van der Waals surface area contributed by atoms with E-state index in [0.29, 0.717) is 19.6 Å². The third-order valence-corrected chi connectivity index (χ3v) is 11.3. The van der Waals surface area contributed by atoms with E-state index in [1.807, 2.05) is 54.3 Å². The van der Waals surface area contributed by atoms with Crippen molar-refractivity contribution in [2.24, 2.45) is 17.3 Å². The van der Waals surface area contributed by atoms with Gasteiger partial charge in [0.15, 0.2) is 0 Å². The number of benzene rings is 1. The standard InChI is InChI=1S/C35H48N2O5S/c1-32(2,3)23-33(4,5)36-19-14-18-35-26(27-31(41)42-20-13-8-7-12-17-34(27,6)43-35)29(39)37(28(35)30(36)40)25(22-38)21-24-15-10-9-11-16-24/h9-12,14-18,25-28,38H,7-8,13,19-23H2,1-6H3/b17-12-/t25-,26+,27-,28?,34+,35+/m1/s1. The van der Waals surface area contributed by atoms with Gasteiger partial charge in [-0.1, -0.05) is 75.4 Å². The molecule has 4 heterocycles. The fraction of sp³-hybridized carbons (Fsp3) is 0.629. The van der Waals surface area contributed by atoms with Crippen LogP contribution in [0.5, 0.6) is 0 Å². The molecule has 0 aromatic heterocycles. The quantitative estimate of drug-likeness (QED) is 0.354. The van der Waals surface area contributed by atoms with Gasteiger partial charge in [-0.25, -0.2) is 0 Å². The molecule has 1 unspecified atom stereocenters. The van der Waals surface area contributed by atoms with Crippen molar-refractivity contribution in [1.82, 2.24) is 9.80 Å². The first kappa shape index (κ1) is 31.8. The van der Waals surface area contributed by atoms with E-state index in [9.17, 15) is 14.7 Å². The summed E-state index contributed by atoms with van der Waals surface area (Å²) >= 11 is 1.56. The van der Waals surface area contributed by atoms with Gasteiger partial charge in [0.2, 0.25) is 11.8 Å². The zero-order chi connectivity index (χ0) is 31.2. The van der Waals surface area contributed by atoms with Crippen molar-refractivity contribution in [2.45, 2.75) is 101 Å². The lowest BCUT2D eigenvalue weighted by Gasteiger charge is -2.45. The number of rotatable bonds is 6. The third kappa shape index (κ3) is 5.82. The van der Waals surface area contributed by atoms with Crippen LogP contribution in [0.2, 0.25) is 0 Å². The monoisotopic (exact) mass is 608 g/mol. The van der Waals surface area contributed by atoms with Gasteiger partial charge in [-0.05, 0) is 63.9 Å². The fourth-order valence-electron chi connectivity index (χ4n) is 8.21. The summed E-state index contributed by atoms with van der Waals surface area (Å²) in [7, 11) is 0. The number of hydrogen-bond donors (Lipinski definition) is 1. The summed E-state index contributed by atoms with van der Waals surface area (Å²) in [5, 5.41) is 10.8. The first-order valence-corrected chi connectivity index (χ1v) is 16.6. The Morgan fingerprint density at radius 3 is 2.40 bits per heavy atom.